The fourth-order valence-corrected chi connectivity index (χ4v) is 2.06. The topological polar surface area (TPSA) is 119 Å². The fourth-order valence-electron chi connectivity index (χ4n) is 2.06. The average Bonchev–Trinajstić information content (AvgIpc) is 2.56. The summed E-state index contributed by atoms with van der Waals surface area (Å²) in [5.41, 5.74) is 6.43. The van der Waals surface area contributed by atoms with Crippen molar-refractivity contribution in [3.05, 3.63) is 23.8 Å². The molecule has 0 aromatic heterocycles. The normalized spacial score (nSPS) is 15.8. The lowest BCUT2D eigenvalue weighted by Gasteiger charge is -2.24. The summed E-state index contributed by atoms with van der Waals surface area (Å²) in [5, 5.41) is 18.8. The zero-order valence-electron chi connectivity index (χ0n) is 15.9. The molecule has 4 N–H and O–H groups in total. The summed E-state index contributed by atoms with van der Waals surface area (Å²) in [7, 11) is 0. The number of esters is 2. The maximum Gasteiger partial charge on any atom is 0.323 e. The highest BCUT2D eigenvalue weighted by Gasteiger charge is 2.26. The second-order valence-corrected chi connectivity index (χ2v) is 6.95. The van der Waals surface area contributed by atoms with Crippen molar-refractivity contribution < 1.29 is 29.3 Å². The molecule has 0 aliphatic rings. The van der Waals surface area contributed by atoms with Crippen LogP contribution < -0.4 is 5.73 Å². The molecule has 0 radical (unpaired) electrons. The number of aromatic hydroxyl groups is 2. The first-order chi connectivity index (χ1) is 12.0. The van der Waals surface area contributed by atoms with E-state index in [0.29, 0.717) is 5.56 Å². The number of phenolic OH excluding ortho intramolecular Hbond substituents is 2. The monoisotopic (exact) mass is 367 g/mol. The molecule has 0 fully saturated rings. The smallest absolute Gasteiger partial charge is 0.323 e. The Kier molecular flexibility index (Phi) is 7.89. The van der Waals surface area contributed by atoms with Gasteiger partial charge in [-0.2, -0.15) is 0 Å². The molecule has 0 amide bonds. The number of carbonyl (C=O) groups excluding carboxylic acids is 2. The number of carbonyl (C=O) groups is 2. The fraction of sp³-hybridized carbons (Fsp3) is 0.579. The first-order valence-corrected chi connectivity index (χ1v) is 8.70. The van der Waals surface area contributed by atoms with Gasteiger partial charge in [-0.25, -0.2) is 0 Å². The van der Waals surface area contributed by atoms with Crippen LogP contribution in [0.5, 0.6) is 11.5 Å². The molecule has 1 aromatic carbocycles. The maximum absolute atomic E-state index is 12.1. The zero-order valence-corrected chi connectivity index (χ0v) is 15.9. The minimum atomic E-state index is -0.945. The number of benzene rings is 1. The van der Waals surface area contributed by atoms with Crippen LogP contribution in [-0.4, -0.2) is 40.4 Å². The van der Waals surface area contributed by atoms with E-state index < -0.39 is 24.2 Å². The Morgan fingerprint density at radius 1 is 0.962 bits per heavy atom. The van der Waals surface area contributed by atoms with Crippen LogP contribution in [0.2, 0.25) is 0 Å². The quantitative estimate of drug-likeness (QED) is 0.475. The highest BCUT2D eigenvalue weighted by atomic mass is 16.6. The molecule has 0 bridgehead atoms. The summed E-state index contributed by atoms with van der Waals surface area (Å²) in [6, 6.07) is 3.27. The Morgan fingerprint density at radius 3 is 2.00 bits per heavy atom. The predicted octanol–water partition coefficient (Wildman–Crippen LogP) is 2.12. The van der Waals surface area contributed by atoms with E-state index in [0.717, 1.165) is 0 Å². The summed E-state index contributed by atoms with van der Waals surface area (Å²) in [4.78, 5) is 24.1. The van der Waals surface area contributed by atoms with Gasteiger partial charge in [0.25, 0.3) is 0 Å². The highest BCUT2D eigenvalue weighted by Crippen LogP contribution is 2.25. The van der Waals surface area contributed by atoms with E-state index >= 15 is 0 Å². The molecule has 7 nitrogen and oxygen atoms in total. The van der Waals surface area contributed by atoms with Gasteiger partial charge >= 0.3 is 11.9 Å². The SMILES string of the molecule is CC(C)C(C)C(=O)OC(C)[C@@H](C)OC(=O)[C@@H](N)Cc1ccc(O)c(O)c1. The second-order valence-electron chi connectivity index (χ2n) is 6.95. The predicted molar refractivity (Wildman–Crippen MR) is 96.6 cm³/mol. The van der Waals surface area contributed by atoms with Crippen molar-refractivity contribution >= 4 is 11.9 Å². The van der Waals surface area contributed by atoms with E-state index in [1.54, 1.807) is 26.8 Å². The maximum atomic E-state index is 12.1. The van der Waals surface area contributed by atoms with E-state index in [9.17, 15) is 19.8 Å². The lowest BCUT2D eigenvalue weighted by atomic mass is 9.98. The van der Waals surface area contributed by atoms with Gasteiger partial charge in [-0.3, -0.25) is 9.59 Å². The largest absolute Gasteiger partial charge is 0.504 e. The first kappa shape index (κ1) is 21.8. The third kappa shape index (κ3) is 6.22. The summed E-state index contributed by atoms with van der Waals surface area (Å²) in [6.07, 6.45) is -1.11. The second kappa shape index (κ2) is 9.43. The van der Waals surface area contributed by atoms with Gasteiger partial charge in [-0.15, -0.1) is 0 Å². The lowest BCUT2D eigenvalue weighted by molar-refractivity contribution is -0.169. The van der Waals surface area contributed by atoms with Crippen LogP contribution in [0.1, 0.15) is 40.2 Å². The van der Waals surface area contributed by atoms with E-state index in [2.05, 4.69) is 0 Å². The molecule has 0 saturated carbocycles. The zero-order chi connectivity index (χ0) is 20.0. The van der Waals surface area contributed by atoms with Crippen molar-refractivity contribution in [1.29, 1.82) is 0 Å². The van der Waals surface area contributed by atoms with Crippen LogP contribution in [0, 0.1) is 11.8 Å². The van der Waals surface area contributed by atoms with Gasteiger partial charge in [0, 0.05) is 0 Å². The molecule has 0 aliphatic heterocycles. The van der Waals surface area contributed by atoms with Crippen LogP contribution in [0.3, 0.4) is 0 Å². The van der Waals surface area contributed by atoms with Gasteiger partial charge < -0.3 is 25.4 Å². The Balaban J connectivity index is 2.56. The molecule has 0 heterocycles. The van der Waals surface area contributed by atoms with E-state index in [1.165, 1.54) is 12.1 Å². The third-order valence-electron chi connectivity index (χ3n) is 4.44. The molecule has 0 saturated heterocycles. The van der Waals surface area contributed by atoms with Gasteiger partial charge in [0.2, 0.25) is 0 Å². The number of phenols is 2. The first-order valence-electron chi connectivity index (χ1n) is 8.70. The standard InChI is InChI=1S/C19H29NO6/c1-10(2)11(3)18(23)25-12(4)13(5)26-19(24)15(20)8-14-6-7-16(21)17(22)9-14/h6-7,9-13,15,21-22H,8,20H2,1-5H3/t11?,12?,13-,15+/m1/s1. The van der Waals surface area contributed by atoms with Crippen molar-refractivity contribution in [3.63, 3.8) is 0 Å². The Morgan fingerprint density at radius 2 is 1.50 bits per heavy atom. The summed E-state index contributed by atoms with van der Waals surface area (Å²) in [6.45, 7) is 8.95. The average molecular weight is 367 g/mol. The van der Waals surface area contributed by atoms with Crippen LogP contribution >= 0.6 is 0 Å². The van der Waals surface area contributed by atoms with Crippen molar-refractivity contribution in [2.75, 3.05) is 0 Å². The van der Waals surface area contributed by atoms with E-state index in [-0.39, 0.29) is 35.7 Å². The number of hydrogen-bond acceptors (Lipinski definition) is 7. The molecule has 2 unspecified atom stereocenters. The molecule has 0 spiro atoms. The van der Waals surface area contributed by atoms with Crippen molar-refractivity contribution in [1.82, 2.24) is 0 Å². The third-order valence-corrected chi connectivity index (χ3v) is 4.44. The highest BCUT2D eigenvalue weighted by molar-refractivity contribution is 5.76. The molecule has 0 aliphatic carbocycles. The van der Waals surface area contributed by atoms with Gasteiger partial charge in [0.15, 0.2) is 11.5 Å². The Bertz CT molecular complexity index is 630. The number of rotatable bonds is 8. The molecule has 1 rings (SSSR count). The number of hydrogen-bond donors (Lipinski definition) is 3. The van der Waals surface area contributed by atoms with Gasteiger partial charge in [0.1, 0.15) is 18.2 Å². The van der Waals surface area contributed by atoms with Crippen LogP contribution in [0.15, 0.2) is 18.2 Å². The minimum absolute atomic E-state index is 0.137. The Labute approximate surface area is 154 Å². The van der Waals surface area contributed by atoms with Crippen LogP contribution in [0.4, 0.5) is 0 Å². The molecule has 26 heavy (non-hydrogen) atoms. The molecular weight excluding hydrogens is 338 g/mol. The molecular formula is C19H29NO6. The number of nitrogens with two attached hydrogens (primary N) is 1. The molecule has 1 aromatic rings. The van der Waals surface area contributed by atoms with Crippen molar-refractivity contribution in [2.24, 2.45) is 17.6 Å². The van der Waals surface area contributed by atoms with Crippen LogP contribution in [0.25, 0.3) is 0 Å². The van der Waals surface area contributed by atoms with E-state index in [4.69, 9.17) is 15.2 Å². The van der Waals surface area contributed by atoms with Gasteiger partial charge in [0.05, 0.1) is 5.92 Å². The molecule has 7 heteroatoms. The molecule has 4 atom stereocenters. The number of ether oxygens (including phenoxy) is 2. The van der Waals surface area contributed by atoms with Crippen molar-refractivity contribution in [3.8, 4) is 11.5 Å². The van der Waals surface area contributed by atoms with Gasteiger partial charge in [-0.05, 0) is 43.9 Å². The van der Waals surface area contributed by atoms with E-state index in [1.807, 2.05) is 13.8 Å². The summed E-state index contributed by atoms with van der Waals surface area (Å²) < 4.78 is 10.6. The summed E-state index contributed by atoms with van der Waals surface area (Å²) in [5.74, 6) is -1.59. The summed E-state index contributed by atoms with van der Waals surface area (Å²) >= 11 is 0. The van der Waals surface area contributed by atoms with Crippen LogP contribution in [-0.2, 0) is 25.5 Å². The minimum Gasteiger partial charge on any atom is -0.504 e. The lowest BCUT2D eigenvalue weighted by Crippen LogP contribution is -2.40. The molecule has 146 valence electrons. The van der Waals surface area contributed by atoms with Crippen molar-refractivity contribution in [2.45, 2.75) is 59.3 Å². The Hall–Kier alpha value is -2.28. The van der Waals surface area contributed by atoms with Gasteiger partial charge in [-0.1, -0.05) is 26.8 Å².